The van der Waals surface area contributed by atoms with Gasteiger partial charge in [-0.2, -0.15) is 0 Å². The molecule has 0 saturated carbocycles. The number of nitrogens with zero attached hydrogens (tertiary/aromatic N) is 2. The largest absolute Gasteiger partial charge is 0.333 e. The predicted molar refractivity (Wildman–Crippen MR) is 98.5 cm³/mol. The molecule has 1 aromatic heterocycles. The molecule has 0 bridgehead atoms. The van der Waals surface area contributed by atoms with Gasteiger partial charge in [-0.25, -0.2) is 4.98 Å². The average molecular weight is 357 g/mol. The van der Waals surface area contributed by atoms with E-state index in [2.05, 4.69) is 6.07 Å². The lowest BCUT2D eigenvalue weighted by Gasteiger charge is -2.23. The SMILES string of the molecule is O=C(Cc1ccc(Cl)cc1)N1CCC[C@@H]1c1nc2ccccc2s1. The third-order valence-electron chi connectivity index (χ3n) is 4.44. The smallest absolute Gasteiger partial charge is 0.227 e. The van der Waals surface area contributed by atoms with Crippen molar-refractivity contribution in [3.05, 3.63) is 64.1 Å². The Morgan fingerprint density at radius 2 is 2.00 bits per heavy atom. The minimum Gasteiger partial charge on any atom is -0.333 e. The van der Waals surface area contributed by atoms with Crippen molar-refractivity contribution in [1.29, 1.82) is 0 Å². The molecule has 1 amide bonds. The first-order valence-electron chi connectivity index (χ1n) is 8.10. The number of carbonyl (C=O) groups excluding carboxylic acids is 1. The number of likely N-dealkylation sites (tertiary alicyclic amines) is 1. The summed E-state index contributed by atoms with van der Waals surface area (Å²) in [5.41, 5.74) is 2.02. The molecule has 0 radical (unpaired) electrons. The van der Waals surface area contributed by atoms with Crippen LogP contribution in [0.3, 0.4) is 0 Å². The second-order valence-corrected chi connectivity index (χ2v) is 7.57. The van der Waals surface area contributed by atoms with Crippen molar-refractivity contribution in [2.45, 2.75) is 25.3 Å². The van der Waals surface area contributed by atoms with Gasteiger partial charge in [-0.05, 0) is 42.7 Å². The van der Waals surface area contributed by atoms with Gasteiger partial charge in [0.15, 0.2) is 0 Å². The highest BCUT2D eigenvalue weighted by Gasteiger charge is 2.32. The van der Waals surface area contributed by atoms with Gasteiger partial charge in [-0.3, -0.25) is 4.79 Å². The molecular weight excluding hydrogens is 340 g/mol. The molecule has 3 aromatic rings. The molecule has 1 atom stereocenters. The molecule has 1 aliphatic heterocycles. The van der Waals surface area contributed by atoms with Crippen LogP contribution in [0.4, 0.5) is 0 Å². The van der Waals surface area contributed by atoms with Crippen molar-refractivity contribution in [3.63, 3.8) is 0 Å². The number of fused-ring (bicyclic) bond motifs is 1. The number of rotatable bonds is 3. The summed E-state index contributed by atoms with van der Waals surface area (Å²) in [7, 11) is 0. The average Bonchev–Trinajstić information content (AvgIpc) is 3.23. The summed E-state index contributed by atoms with van der Waals surface area (Å²) in [5.74, 6) is 0.166. The Balaban J connectivity index is 1.55. The minimum absolute atomic E-state index is 0.113. The highest BCUT2D eigenvalue weighted by Crippen LogP contribution is 2.36. The lowest BCUT2D eigenvalue weighted by molar-refractivity contribution is -0.131. The van der Waals surface area contributed by atoms with E-state index in [4.69, 9.17) is 16.6 Å². The maximum atomic E-state index is 12.8. The topological polar surface area (TPSA) is 33.2 Å². The van der Waals surface area contributed by atoms with E-state index >= 15 is 0 Å². The van der Waals surface area contributed by atoms with Gasteiger partial charge >= 0.3 is 0 Å². The summed E-state index contributed by atoms with van der Waals surface area (Å²) in [6.45, 7) is 0.813. The van der Waals surface area contributed by atoms with E-state index < -0.39 is 0 Å². The molecule has 122 valence electrons. The third-order valence-corrected chi connectivity index (χ3v) is 5.83. The predicted octanol–water partition coefficient (Wildman–Crippen LogP) is 4.86. The summed E-state index contributed by atoms with van der Waals surface area (Å²) in [6, 6.07) is 15.8. The Hall–Kier alpha value is -1.91. The number of thiazole rings is 1. The van der Waals surface area contributed by atoms with E-state index in [1.807, 2.05) is 47.4 Å². The van der Waals surface area contributed by atoms with Crippen LogP contribution in [-0.2, 0) is 11.2 Å². The van der Waals surface area contributed by atoms with Crippen LogP contribution in [0.2, 0.25) is 5.02 Å². The Morgan fingerprint density at radius 1 is 1.21 bits per heavy atom. The third kappa shape index (κ3) is 3.04. The van der Waals surface area contributed by atoms with Crippen molar-refractivity contribution >= 4 is 39.1 Å². The molecule has 1 aliphatic rings. The van der Waals surface area contributed by atoms with Gasteiger partial charge in [0, 0.05) is 11.6 Å². The number of aromatic nitrogens is 1. The van der Waals surface area contributed by atoms with Gasteiger partial charge in [0.25, 0.3) is 0 Å². The zero-order valence-corrected chi connectivity index (χ0v) is 14.7. The number of hydrogen-bond acceptors (Lipinski definition) is 3. The van der Waals surface area contributed by atoms with Crippen LogP contribution in [0.5, 0.6) is 0 Å². The fourth-order valence-corrected chi connectivity index (χ4v) is 4.47. The molecule has 0 N–H and O–H groups in total. The molecule has 0 unspecified atom stereocenters. The first kappa shape index (κ1) is 15.6. The van der Waals surface area contributed by atoms with Crippen LogP contribution in [0.25, 0.3) is 10.2 Å². The molecule has 5 heteroatoms. The van der Waals surface area contributed by atoms with Gasteiger partial charge < -0.3 is 4.90 Å². The molecule has 0 aliphatic carbocycles. The Kier molecular flexibility index (Phi) is 4.25. The summed E-state index contributed by atoms with van der Waals surface area (Å²) in [4.78, 5) is 19.5. The fraction of sp³-hybridized carbons (Fsp3) is 0.263. The molecule has 2 aromatic carbocycles. The van der Waals surface area contributed by atoms with Gasteiger partial charge in [-0.1, -0.05) is 35.9 Å². The number of hydrogen-bond donors (Lipinski definition) is 0. The van der Waals surface area contributed by atoms with Crippen molar-refractivity contribution in [1.82, 2.24) is 9.88 Å². The molecule has 1 saturated heterocycles. The molecule has 3 nitrogen and oxygen atoms in total. The Bertz CT molecular complexity index is 841. The molecule has 4 rings (SSSR count). The highest BCUT2D eigenvalue weighted by atomic mass is 35.5. The molecule has 1 fully saturated rings. The molecule has 2 heterocycles. The van der Waals surface area contributed by atoms with E-state index in [-0.39, 0.29) is 11.9 Å². The standard InChI is InChI=1S/C19H17ClN2OS/c20-14-9-7-13(8-10-14)12-18(23)22-11-3-5-16(22)19-21-15-4-1-2-6-17(15)24-19/h1-2,4,6-10,16H,3,5,11-12H2/t16-/m1/s1. The number of para-hydroxylation sites is 1. The van der Waals surface area contributed by atoms with E-state index in [0.717, 1.165) is 35.5 Å². The van der Waals surface area contributed by atoms with Crippen LogP contribution >= 0.6 is 22.9 Å². The van der Waals surface area contributed by atoms with Crippen LogP contribution in [0, 0.1) is 0 Å². The van der Waals surface area contributed by atoms with E-state index in [0.29, 0.717) is 11.4 Å². The first-order chi connectivity index (χ1) is 11.7. The zero-order chi connectivity index (χ0) is 16.5. The minimum atomic E-state index is 0.113. The van der Waals surface area contributed by atoms with Gasteiger partial charge in [0.05, 0.1) is 22.7 Å². The quantitative estimate of drug-likeness (QED) is 0.671. The second kappa shape index (κ2) is 6.54. The number of halogens is 1. The highest BCUT2D eigenvalue weighted by molar-refractivity contribution is 7.18. The molecule has 24 heavy (non-hydrogen) atoms. The summed E-state index contributed by atoms with van der Waals surface area (Å²) in [6.07, 6.45) is 2.44. The van der Waals surface area contributed by atoms with Gasteiger partial charge in [-0.15, -0.1) is 11.3 Å². The molecular formula is C19H17ClN2OS. The normalized spacial score (nSPS) is 17.5. The second-order valence-electron chi connectivity index (χ2n) is 6.07. The first-order valence-corrected chi connectivity index (χ1v) is 9.29. The van der Waals surface area contributed by atoms with Crippen LogP contribution in [0.1, 0.15) is 29.5 Å². The van der Waals surface area contributed by atoms with E-state index in [9.17, 15) is 4.79 Å². The summed E-state index contributed by atoms with van der Waals surface area (Å²) in [5, 5.41) is 1.75. The lowest BCUT2D eigenvalue weighted by Crippen LogP contribution is -2.31. The monoisotopic (exact) mass is 356 g/mol. The Morgan fingerprint density at radius 3 is 2.79 bits per heavy atom. The Labute approximate surface area is 149 Å². The maximum absolute atomic E-state index is 12.8. The van der Waals surface area contributed by atoms with Crippen LogP contribution in [-0.4, -0.2) is 22.3 Å². The van der Waals surface area contributed by atoms with Crippen LogP contribution < -0.4 is 0 Å². The maximum Gasteiger partial charge on any atom is 0.227 e. The van der Waals surface area contributed by atoms with Gasteiger partial charge in [0.1, 0.15) is 5.01 Å². The number of carbonyl (C=O) groups is 1. The lowest BCUT2D eigenvalue weighted by atomic mass is 10.1. The van der Waals surface area contributed by atoms with Crippen molar-refractivity contribution in [2.75, 3.05) is 6.54 Å². The number of amides is 1. The van der Waals surface area contributed by atoms with Crippen molar-refractivity contribution < 1.29 is 4.79 Å². The summed E-state index contributed by atoms with van der Waals surface area (Å²) < 4.78 is 1.18. The van der Waals surface area contributed by atoms with Crippen LogP contribution in [0.15, 0.2) is 48.5 Å². The summed E-state index contributed by atoms with van der Waals surface area (Å²) >= 11 is 7.62. The van der Waals surface area contributed by atoms with Gasteiger partial charge in [0.2, 0.25) is 5.91 Å². The number of benzene rings is 2. The van der Waals surface area contributed by atoms with E-state index in [1.165, 1.54) is 4.70 Å². The zero-order valence-electron chi connectivity index (χ0n) is 13.1. The van der Waals surface area contributed by atoms with Crippen molar-refractivity contribution in [3.8, 4) is 0 Å². The van der Waals surface area contributed by atoms with E-state index in [1.54, 1.807) is 11.3 Å². The fourth-order valence-electron chi connectivity index (χ4n) is 3.23. The molecule has 0 spiro atoms. The van der Waals surface area contributed by atoms with Crippen molar-refractivity contribution in [2.24, 2.45) is 0 Å².